The Morgan fingerprint density at radius 2 is 1.70 bits per heavy atom. The number of aryl methyl sites for hydroxylation is 1. The zero-order valence-corrected chi connectivity index (χ0v) is 19.8. The average molecular weight is 483 g/mol. The maximum absolute atomic E-state index is 13.3. The van der Waals surface area contributed by atoms with Crippen LogP contribution in [-0.4, -0.2) is 20.9 Å². The van der Waals surface area contributed by atoms with Gasteiger partial charge in [0.2, 0.25) is 0 Å². The molecule has 1 amide bonds. The van der Waals surface area contributed by atoms with Gasteiger partial charge in [-0.15, -0.1) is 11.3 Å². The Morgan fingerprint density at radius 1 is 1.00 bits per heavy atom. The Bertz CT molecular complexity index is 1400. The van der Waals surface area contributed by atoms with E-state index in [1.165, 1.54) is 39.9 Å². The standard InChI is InChI=1S/C25H23FN2O3S2/c1-3-14-28(33(30,31)22-11-4-17(2)5-12-22)21-10-13-23-18(15-21)16-24(32-23)25(29)27-20-8-6-19(26)7-9-20/h4-13,15-16H,3,14H2,1-2H3,(H,27,29). The first-order valence-electron chi connectivity index (χ1n) is 10.5. The van der Waals surface area contributed by atoms with Crippen LogP contribution in [0.5, 0.6) is 0 Å². The van der Waals surface area contributed by atoms with Crippen LogP contribution in [0.4, 0.5) is 15.8 Å². The Labute approximate surface area is 196 Å². The molecule has 8 heteroatoms. The molecule has 0 bridgehead atoms. The van der Waals surface area contributed by atoms with E-state index >= 15 is 0 Å². The van der Waals surface area contributed by atoms with Crippen molar-refractivity contribution in [3.63, 3.8) is 0 Å². The molecule has 0 aliphatic carbocycles. The fourth-order valence-corrected chi connectivity index (χ4v) is 5.94. The molecule has 5 nitrogen and oxygen atoms in total. The van der Waals surface area contributed by atoms with Crippen LogP contribution >= 0.6 is 11.3 Å². The number of hydrogen-bond donors (Lipinski definition) is 1. The number of amides is 1. The maximum atomic E-state index is 13.3. The number of benzene rings is 3. The lowest BCUT2D eigenvalue weighted by atomic mass is 10.2. The summed E-state index contributed by atoms with van der Waals surface area (Å²) in [6.07, 6.45) is 0.651. The molecule has 0 saturated carbocycles. The van der Waals surface area contributed by atoms with Crippen molar-refractivity contribution < 1.29 is 17.6 Å². The third-order valence-electron chi connectivity index (χ3n) is 5.15. The normalized spacial score (nSPS) is 11.5. The van der Waals surface area contributed by atoms with Crippen molar-refractivity contribution in [2.45, 2.75) is 25.2 Å². The highest BCUT2D eigenvalue weighted by atomic mass is 32.2. The lowest BCUT2D eigenvalue weighted by molar-refractivity contribution is 0.103. The fraction of sp³-hybridized carbons (Fsp3) is 0.160. The molecule has 33 heavy (non-hydrogen) atoms. The molecule has 0 saturated heterocycles. The quantitative estimate of drug-likeness (QED) is 0.341. The van der Waals surface area contributed by atoms with E-state index in [1.54, 1.807) is 42.5 Å². The summed E-state index contributed by atoms with van der Waals surface area (Å²) in [6, 6.07) is 19.5. The number of carbonyl (C=O) groups excluding carboxylic acids is 1. The molecule has 0 atom stereocenters. The van der Waals surface area contributed by atoms with E-state index in [4.69, 9.17) is 0 Å². The van der Waals surface area contributed by atoms with Gasteiger partial charge < -0.3 is 5.32 Å². The highest BCUT2D eigenvalue weighted by Gasteiger charge is 2.25. The second kappa shape index (κ2) is 9.33. The van der Waals surface area contributed by atoms with Crippen LogP contribution in [0.3, 0.4) is 0 Å². The number of nitrogens with one attached hydrogen (secondary N) is 1. The Morgan fingerprint density at radius 3 is 2.36 bits per heavy atom. The van der Waals surface area contributed by atoms with Crippen molar-refractivity contribution in [2.75, 3.05) is 16.2 Å². The number of halogens is 1. The molecule has 0 aliphatic heterocycles. The van der Waals surface area contributed by atoms with Crippen molar-refractivity contribution in [2.24, 2.45) is 0 Å². The number of carbonyl (C=O) groups is 1. The Hall–Kier alpha value is -3.23. The number of hydrogen-bond acceptors (Lipinski definition) is 4. The molecular weight excluding hydrogens is 459 g/mol. The predicted octanol–water partition coefficient (Wildman–Crippen LogP) is 6.21. The molecule has 1 N–H and O–H groups in total. The molecule has 170 valence electrons. The van der Waals surface area contributed by atoms with Gasteiger partial charge in [-0.25, -0.2) is 12.8 Å². The van der Waals surface area contributed by atoms with Gasteiger partial charge in [0, 0.05) is 16.9 Å². The summed E-state index contributed by atoms with van der Waals surface area (Å²) in [5.74, 6) is -0.679. The predicted molar refractivity (Wildman–Crippen MR) is 132 cm³/mol. The average Bonchev–Trinajstić information content (AvgIpc) is 3.23. The minimum atomic E-state index is -3.73. The van der Waals surface area contributed by atoms with Gasteiger partial charge in [0.05, 0.1) is 15.5 Å². The number of rotatable bonds is 7. The van der Waals surface area contributed by atoms with Crippen LogP contribution in [0, 0.1) is 12.7 Å². The molecule has 1 aromatic heterocycles. The molecule has 4 rings (SSSR count). The van der Waals surface area contributed by atoms with Gasteiger partial charge in [-0.05, 0) is 79.4 Å². The van der Waals surface area contributed by atoms with E-state index in [2.05, 4.69) is 5.32 Å². The molecule has 3 aromatic carbocycles. The molecule has 1 heterocycles. The maximum Gasteiger partial charge on any atom is 0.265 e. The number of fused-ring (bicyclic) bond motifs is 1. The highest BCUT2D eigenvalue weighted by Crippen LogP contribution is 2.32. The SMILES string of the molecule is CCCN(c1ccc2sc(C(=O)Nc3ccc(F)cc3)cc2c1)S(=O)(=O)c1ccc(C)cc1. The summed E-state index contributed by atoms with van der Waals surface area (Å²) in [4.78, 5) is 13.4. The summed E-state index contributed by atoms with van der Waals surface area (Å²) in [5.41, 5.74) is 2.04. The summed E-state index contributed by atoms with van der Waals surface area (Å²) in [5, 5.41) is 3.53. The van der Waals surface area contributed by atoms with Crippen molar-refractivity contribution >= 4 is 48.7 Å². The van der Waals surface area contributed by atoms with Crippen LogP contribution in [0.25, 0.3) is 10.1 Å². The van der Waals surface area contributed by atoms with Crippen LogP contribution < -0.4 is 9.62 Å². The minimum Gasteiger partial charge on any atom is -0.321 e. The van der Waals surface area contributed by atoms with Crippen LogP contribution in [0.15, 0.2) is 77.7 Å². The van der Waals surface area contributed by atoms with E-state index in [9.17, 15) is 17.6 Å². The van der Waals surface area contributed by atoms with Gasteiger partial charge in [-0.1, -0.05) is 24.6 Å². The third kappa shape index (κ3) is 4.91. The van der Waals surface area contributed by atoms with Crippen LogP contribution in [0.1, 0.15) is 28.6 Å². The Balaban J connectivity index is 1.65. The van der Waals surface area contributed by atoms with Crippen molar-refractivity contribution in [1.29, 1.82) is 0 Å². The van der Waals surface area contributed by atoms with Gasteiger partial charge in [-0.2, -0.15) is 0 Å². The van der Waals surface area contributed by atoms with Gasteiger partial charge in [0.1, 0.15) is 5.82 Å². The fourth-order valence-electron chi connectivity index (χ4n) is 3.45. The number of anilines is 2. The Kier molecular flexibility index (Phi) is 6.49. The van der Waals surface area contributed by atoms with E-state index in [-0.39, 0.29) is 16.6 Å². The topological polar surface area (TPSA) is 66.5 Å². The van der Waals surface area contributed by atoms with Gasteiger partial charge in [-0.3, -0.25) is 9.10 Å². The van der Waals surface area contributed by atoms with Gasteiger partial charge in [0.25, 0.3) is 15.9 Å². The molecule has 4 aromatic rings. The lowest BCUT2D eigenvalue weighted by Gasteiger charge is -2.24. The van der Waals surface area contributed by atoms with E-state index < -0.39 is 10.0 Å². The molecule has 0 unspecified atom stereocenters. The van der Waals surface area contributed by atoms with E-state index in [0.717, 1.165) is 15.6 Å². The highest BCUT2D eigenvalue weighted by molar-refractivity contribution is 7.92. The molecule has 0 radical (unpaired) electrons. The first kappa shape index (κ1) is 22.9. The van der Waals surface area contributed by atoms with Gasteiger partial charge >= 0.3 is 0 Å². The monoisotopic (exact) mass is 482 g/mol. The van der Waals surface area contributed by atoms with Crippen molar-refractivity contribution in [3.8, 4) is 0 Å². The van der Waals surface area contributed by atoms with Gasteiger partial charge in [0.15, 0.2) is 0 Å². The molecule has 0 aliphatic rings. The van der Waals surface area contributed by atoms with E-state index in [0.29, 0.717) is 29.2 Å². The number of sulfonamides is 1. The zero-order valence-electron chi connectivity index (χ0n) is 18.2. The lowest BCUT2D eigenvalue weighted by Crippen LogP contribution is -2.31. The summed E-state index contributed by atoms with van der Waals surface area (Å²) >= 11 is 1.31. The van der Waals surface area contributed by atoms with Crippen molar-refractivity contribution in [1.82, 2.24) is 0 Å². The number of thiophene rings is 1. The van der Waals surface area contributed by atoms with Crippen LogP contribution in [0.2, 0.25) is 0 Å². The summed E-state index contributed by atoms with van der Waals surface area (Å²) in [6.45, 7) is 4.18. The molecule has 0 fully saturated rings. The van der Waals surface area contributed by atoms with Crippen molar-refractivity contribution in [3.05, 3.63) is 89.1 Å². The first-order valence-corrected chi connectivity index (χ1v) is 12.7. The zero-order chi connectivity index (χ0) is 23.6. The van der Waals surface area contributed by atoms with Crippen LogP contribution in [-0.2, 0) is 10.0 Å². The minimum absolute atomic E-state index is 0.242. The second-order valence-corrected chi connectivity index (χ2v) is 10.6. The molecule has 0 spiro atoms. The second-order valence-electron chi connectivity index (χ2n) is 7.68. The largest absolute Gasteiger partial charge is 0.321 e. The first-order chi connectivity index (χ1) is 15.8. The smallest absolute Gasteiger partial charge is 0.265 e. The van der Waals surface area contributed by atoms with E-state index in [1.807, 2.05) is 19.9 Å². The summed E-state index contributed by atoms with van der Waals surface area (Å²) < 4.78 is 42.1. The third-order valence-corrected chi connectivity index (χ3v) is 8.11. The summed E-state index contributed by atoms with van der Waals surface area (Å²) in [7, 11) is -3.73. The molecular formula is C25H23FN2O3S2. The number of nitrogens with zero attached hydrogens (tertiary/aromatic N) is 1.